The molecule has 0 unspecified atom stereocenters. The van der Waals surface area contributed by atoms with Crippen LogP contribution >= 0.6 is 0 Å². The third-order valence-electron chi connectivity index (χ3n) is 4.58. The monoisotopic (exact) mass is 335 g/mol. The summed E-state index contributed by atoms with van der Waals surface area (Å²) in [6.07, 6.45) is 0. The topological polar surface area (TPSA) is 65.1 Å². The molecule has 1 aliphatic rings. The number of nitrogens with zero attached hydrogens (tertiary/aromatic N) is 4. The van der Waals surface area contributed by atoms with E-state index in [2.05, 4.69) is 19.9 Å². The van der Waals surface area contributed by atoms with E-state index in [-0.39, 0.29) is 5.91 Å². The maximum atomic E-state index is 12.8. The van der Waals surface area contributed by atoms with Crippen LogP contribution in [-0.2, 0) is 0 Å². The molecule has 0 aliphatic carbocycles. The minimum Gasteiger partial charge on any atom is -0.351 e. The molecule has 1 N–H and O–H groups in total. The summed E-state index contributed by atoms with van der Waals surface area (Å²) in [5.74, 6) is 0.812. The van der Waals surface area contributed by atoms with Crippen molar-refractivity contribution >= 4 is 22.8 Å². The van der Waals surface area contributed by atoms with Crippen molar-refractivity contribution in [3.63, 3.8) is 0 Å². The standard InChI is InChI=1S/C19H21N5O/c1-13-11-14(2)21-19(20-13)24-9-7-23(8-10-24)18(25)17-12-15-5-3-4-6-16(15)22-17/h3-6,11-12,22H,7-10H2,1-2H3. The lowest BCUT2D eigenvalue weighted by Crippen LogP contribution is -2.49. The highest BCUT2D eigenvalue weighted by Gasteiger charge is 2.24. The molecule has 6 heteroatoms. The second-order valence-electron chi connectivity index (χ2n) is 6.50. The molecule has 25 heavy (non-hydrogen) atoms. The number of fused-ring (bicyclic) bond motifs is 1. The molecule has 3 heterocycles. The Morgan fingerprint density at radius 2 is 1.68 bits per heavy atom. The lowest BCUT2D eigenvalue weighted by Gasteiger charge is -2.34. The first-order valence-electron chi connectivity index (χ1n) is 8.54. The van der Waals surface area contributed by atoms with Crippen LogP contribution in [0, 0.1) is 13.8 Å². The van der Waals surface area contributed by atoms with Crippen molar-refractivity contribution in [1.82, 2.24) is 19.9 Å². The van der Waals surface area contributed by atoms with E-state index in [4.69, 9.17) is 0 Å². The number of carbonyl (C=O) groups excluding carboxylic acids is 1. The summed E-state index contributed by atoms with van der Waals surface area (Å²) in [4.78, 5) is 29.1. The second-order valence-corrected chi connectivity index (χ2v) is 6.50. The number of H-pyrrole nitrogens is 1. The average Bonchev–Trinajstić information content (AvgIpc) is 3.04. The molecule has 6 nitrogen and oxygen atoms in total. The number of carbonyl (C=O) groups is 1. The SMILES string of the molecule is Cc1cc(C)nc(N2CCN(C(=O)c3cc4ccccc4[nH]3)CC2)n1. The van der Waals surface area contributed by atoms with Gasteiger partial charge in [0.2, 0.25) is 5.95 Å². The zero-order valence-corrected chi connectivity index (χ0v) is 14.5. The van der Waals surface area contributed by atoms with Gasteiger partial charge < -0.3 is 14.8 Å². The summed E-state index contributed by atoms with van der Waals surface area (Å²) >= 11 is 0. The molecule has 0 radical (unpaired) electrons. The minimum atomic E-state index is 0.0530. The smallest absolute Gasteiger partial charge is 0.270 e. The van der Waals surface area contributed by atoms with Gasteiger partial charge in [0.1, 0.15) is 5.69 Å². The predicted octanol–water partition coefficient (Wildman–Crippen LogP) is 2.54. The van der Waals surface area contributed by atoms with Gasteiger partial charge in [0.25, 0.3) is 5.91 Å². The van der Waals surface area contributed by atoms with Crippen LogP contribution in [0.5, 0.6) is 0 Å². The van der Waals surface area contributed by atoms with Crippen molar-refractivity contribution in [2.24, 2.45) is 0 Å². The molecule has 4 rings (SSSR count). The molecule has 1 saturated heterocycles. The van der Waals surface area contributed by atoms with Gasteiger partial charge in [0.05, 0.1) is 0 Å². The van der Waals surface area contributed by atoms with Crippen molar-refractivity contribution in [1.29, 1.82) is 0 Å². The highest BCUT2D eigenvalue weighted by atomic mass is 16.2. The van der Waals surface area contributed by atoms with E-state index in [1.54, 1.807) is 0 Å². The van der Waals surface area contributed by atoms with Gasteiger partial charge in [0, 0.05) is 48.5 Å². The maximum Gasteiger partial charge on any atom is 0.270 e. The Labute approximate surface area is 146 Å². The van der Waals surface area contributed by atoms with Gasteiger partial charge >= 0.3 is 0 Å². The molecule has 1 fully saturated rings. The Morgan fingerprint density at radius 3 is 2.36 bits per heavy atom. The number of hydrogen-bond donors (Lipinski definition) is 1. The number of aromatic nitrogens is 3. The van der Waals surface area contributed by atoms with Crippen LogP contribution in [0.25, 0.3) is 10.9 Å². The fraction of sp³-hybridized carbons (Fsp3) is 0.316. The first kappa shape index (κ1) is 15.6. The number of hydrogen-bond acceptors (Lipinski definition) is 4. The highest BCUT2D eigenvalue weighted by molar-refractivity contribution is 5.98. The van der Waals surface area contributed by atoms with Crippen LogP contribution in [0.4, 0.5) is 5.95 Å². The average molecular weight is 335 g/mol. The molecule has 1 aromatic carbocycles. The van der Waals surface area contributed by atoms with Crippen LogP contribution in [0.15, 0.2) is 36.4 Å². The fourth-order valence-corrected chi connectivity index (χ4v) is 3.32. The van der Waals surface area contributed by atoms with Gasteiger partial charge in [-0.25, -0.2) is 9.97 Å². The quantitative estimate of drug-likeness (QED) is 0.782. The number of rotatable bonds is 2. The maximum absolute atomic E-state index is 12.8. The molecule has 0 atom stereocenters. The summed E-state index contributed by atoms with van der Waals surface area (Å²) < 4.78 is 0. The second kappa shape index (κ2) is 6.20. The summed E-state index contributed by atoms with van der Waals surface area (Å²) in [7, 11) is 0. The number of aryl methyl sites for hydroxylation is 2. The molecule has 0 spiro atoms. The van der Waals surface area contributed by atoms with Gasteiger partial charge in [-0.3, -0.25) is 4.79 Å². The Bertz CT molecular complexity index is 871. The van der Waals surface area contributed by atoms with Crippen molar-refractivity contribution in [2.75, 3.05) is 31.1 Å². The molecule has 0 saturated carbocycles. The van der Waals surface area contributed by atoms with E-state index in [1.807, 2.05) is 55.1 Å². The highest BCUT2D eigenvalue weighted by Crippen LogP contribution is 2.18. The van der Waals surface area contributed by atoms with Gasteiger partial charge in [-0.1, -0.05) is 18.2 Å². The molecule has 128 valence electrons. The van der Waals surface area contributed by atoms with Crippen molar-refractivity contribution in [2.45, 2.75) is 13.8 Å². The summed E-state index contributed by atoms with van der Waals surface area (Å²) in [6, 6.07) is 11.8. The lowest BCUT2D eigenvalue weighted by atomic mass is 10.2. The van der Waals surface area contributed by atoms with E-state index >= 15 is 0 Å². The molecule has 0 bridgehead atoms. The zero-order chi connectivity index (χ0) is 17.4. The number of aromatic amines is 1. The van der Waals surface area contributed by atoms with Gasteiger partial charge in [0.15, 0.2) is 0 Å². The largest absolute Gasteiger partial charge is 0.351 e. The van der Waals surface area contributed by atoms with Gasteiger partial charge in [-0.2, -0.15) is 0 Å². The summed E-state index contributed by atoms with van der Waals surface area (Å²) in [5, 5.41) is 1.06. The van der Waals surface area contributed by atoms with Gasteiger partial charge in [-0.15, -0.1) is 0 Å². The Balaban J connectivity index is 1.46. The van der Waals surface area contributed by atoms with Crippen molar-refractivity contribution in [3.8, 4) is 0 Å². The number of anilines is 1. The number of benzene rings is 1. The molecule has 1 aliphatic heterocycles. The summed E-state index contributed by atoms with van der Waals surface area (Å²) in [6.45, 7) is 6.79. The van der Waals surface area contributed by atoms with Crippen LogP contribution in [0.2, 0.25) is 0 Å². The predicted molar refractivity (Wildman–Crippen MR) is 97.9 cm³/mol. The number of piperazine rings is 1. The minimum absolute atomic E-state index is 0.0530. The lowest BCUT2D eigenvalue weighted by molar-refractivity contribution is 0.0741. The summed E-state index contributed by atoms with van der Waals surface area (Å²) in [5.41, 5.74) is 3.59. The van der Waals surface area contributed by atoms with E-state index in [0.717, 1.165) is 41.3 Å². The third-order valence-corrected chi connectivity index (χ3v) is 4.58. The Kier molecular flexibility index (Phi) is 3.87. The van der Waals surface area contributed by atoms with Crippen LogP contribution in [-0.4, -0.2) is 51.9 Å². The van der Waals surface area contributed by atoms with Crippen LogP contribution < -0.4 is 4.90 Å². The van der Waals surface area contributed by atoms with E-state index < -0.39 is 0 Å². The van der Waals surface area contributed by atoms with Gasteiger partial charge in [-0.05, 0) is 32.0 Å². The fourth-order valence-electron chi connectivity index (χ4n) is 3.32. The molecule has 1 amide bonds. The first-order chi connectivity index (χ1) is 12.1. The zero-order valence-electron chi connectivity index (χ0n) is 14.5. The third kappa shape index (κ3) is 3.07. The molecular weight excluding hydrogens is 314 g/mol. The van der Waals surface area contributed by atoms with Crippen LogP contribution in [0.1, 0.15) is 21.9 Å². The van der Waals surface area contributed by atoms with E-state index in [1.165, 1.54) is 0 Å². The first-order valence-corrected chi connectivity index (χ1v) is 8.54. The number of nitrogens with one attached hydrogen (secondary N) is 1. The van der Waals surface area contributed by atoms with Crippen molar-refractivity contribution in [3.05, 3.63) is 53.5 Å². The van der Waals surface area contributed by atoms with Crippen LogP contribution in [0.3, 0.4) is 0 Å². The Hall–Kier alpha value is -2.89. The normalized spacial score (nSPS) is 15.0. The number of amides is 1. The Morgan fingerprint density at radius 1 is 1.00 bits per heavy atom. The number of para-hydroxylation sites is 1. The molecule has 3 aromatic rings. The van der Waals surface area contributed by atoms with E-state index in [9.17, 15) is 4.79 Å². The molecule has 2 aromatic heterocycles. The van der Waals surface area contributed by atoms with E-state index in [0.29, 0.717) is 18.8 Å². The van der Waals surface area contributed by atoms with Crippen molar-refractivity contribution < 1.29 is 4.79 Å². The molecular formula is C19H21N5O.